The number of Topliss-reactive ketones (excluding diaryl/α,β-unsaturated/α-hetero) is 1. The SMILES string of the molecule is COc1ccccc1C(=O)COC(=O)c1ccc(-c2nc3ccccc3s2)o1. The standard InChI is InChI=1S/C21H15NO5S/c1-25-16-8-4-2-6-13(16)15(23)12-26-21(24)18-11-10-17(27-18)20-22-14-7-3-5-9-19(14)28-20/h2-11H,12H2,1H3. The van der Waals surface area contributed by atoms with Crippen LogP contribution in [0.3, 0.4) is 0 Å². The van der Waals surface area contributed by atoms with Gasteiger partial charge in [-0.3, -0.25) is 4.79 Å². The number of rotatable bonds is 6. The number of carbonyl (C=O) groups excluding carboxylic acids is 2. The summed E-state index contributed by atoms with van der Waals surface area (Å²) < 4.78 is 16.9. The molecule has 0 fully saturated rings. The van der Waals surface area contributed by atoms with Gasteiger partial charge in [0.25, 0.3) is 0 Å². The van der Waals surface area contributed by atoms with Crippen molar-refractivity contribution in [2.75, 3.05) is 13.7 Å². The van der Waals surface area contributed by atoms with E-state index in [0.29, 0.717) is 22.1 Å². The maximum atomic E-state index is 12.3. The first kappa shape index (κ1) is 17.9. The summed E-state index contributed by atoms with van der Waals surface area (Å²) in [6.07, 6.45) is 0. The second-order valence-electron chi connectivity index (χ2n) is 5.85. The summed E-state index contributed by atoms with van der Waals surface area (Å²) in [7, 11) is 1.48. The Morgan fingerprint density at radius 1 is 1.04 bits per heavy atom. The summed E-state index contributed by atoms with van der Waals surface area (Å²) in [5.74, 6) is -0.148. The molecule has 2 heterocycles. The van der Waals surface area contributed by atoms with Crippen molar-refractivity contribution in [1.29, 1.82) is 0 Å². The van der Waals surface area contributed by atoms with Crippen molar-refractivity contribution < 1.29 is 23.5 Å². The van der Waals surface area contributed by atoms with Crippen LogP contribution in [0.15, 0.2) is 65.1 Å². The van der Waals surface area contributed by atoms with Gasteiger partial charge in [0.1, 0.15) is 5.75 Å². The van der Waals surface area contributed by atoms with E-state index in [4.69, 9.17) is 13.9 Å². The number of methoxy groups -OCH3 is 1. The Bertz CT molecular complexity index is 1130. The van der Waals surface area contributed by atoms with Crippen LogP contribution in [0.1, 0.15) is 20.9 Å². The number of esters is 1. The normalized spacial score (nSPS) is 10.8. The molecule has 0 saturated heterocycles. The minimum absolute atomic E-state index is 0.0158. The molecule has 2 aromatic carbocycles. The highest BCUT2D eigenvalue weighted by molar-refractivity contribution is 7.21. The summed E-state index contributed by atoms with van der Waals surface area (Å²) in [5.41, 5.74) is 1.22. The minimum atomic E-state index is -0.712. The third-order valence-electron chi connectivity index (χ3n) is 4.05. The monoisotopic (exact) mass is 393 g/mol. The van der Waals surface area contributed by atoms with Gasteiger partial charge < -0.3 is 13.9 Å². The number of hydrogen-bond donors (Lipinski definition) is 0. The van der Waals surface area contributed by atoms with E-state index >= 15 is 0 Å². The molecule has 4 aromatic rings. The van der Waals surface area contributed by atoms with Crippen molar-refractivity contribution in [1.82, 2.24) is 4.98 Å². The Morgan fingerprint density at radius 2 is 1.82 bits per heavy atom. The molecule has 7 heteroatoms. The summed E-state index contributed by atoms with van der Waals surface area (Å²) in [4.78, 5) is 29.0. The lowest BCUT2D eigenvalue weighted by Crippen LogP contribution is -2.14. The maximum absolute atomic E-state index is 12.3. The molecule has 0 aliphatic carbocycles. The van der Waals surface area contributed by atoms with E-state index in [0.717, 1.165) is 10.2 Å². The topological polar surface area (TPSA) is 78.6 Å². The highest BCUT2D eigenvalue weighted by atomic mass is 32.1. The molecule has 6 nitrogen and oxygen atoms in total. The molecular weight excluding hydrogens is 378 g/mol. The van der Waals surface area contributed by atoms with Crippen molar-refractivity contribution >= 4 is 33.3 Å². The fraction of sp³-hybridized carbons (Fsp3) is 0.0952. The molecule has 0 bridgehead atoms. The quantitative estimate of drug-likeness (QED) is 0.352. The Kier molecular flexibility index (Phi) is 4.90. The average Bonchev–Trinajstić information content (AvgIpc) is 3.38. The molecule has 0 radical (unpaired) electrons. The van der Waals surface area contributed by atoms with Crippen molar-refractivity contribution in [2.45, 2.75) is 0 Å². The Hall–Kier alpha value is -3.45. The predicted octanol–water partition coefficient (Wildman–Crippen LogP) is 4.60. The Labute approximate surface area is 164 Å². The zero-order valence-electron chi connectivity index (χ0n) is 14.9. The van der Waals surface area contributed by atoms with Crippen LogP contribution in [0, 0.1) is 0 Å². The number of aromatic nitrogens is 1. The molecule has 0 aliphatic rings. The number of ketones is 1. The Balaban J connectivity index is 1.45. The summed E-state index contributed by atoms with van der Waals surface area (Å²) in [6, 6.07) is 17.7. The average molecular weight is 393 g/mol. The van der Waals surface area contributed by atoms with E-state index in [2.05, 4.69) is 4.98 Å². The van der Waals surface area contributed by atoms with E-state index in [1.54, 1.807) is 30.3 Å². The number of carbonyl (C=O) groups is 2. The van der Waals surface area contributed by atoms with Crippen molar-refractivity contribution in [3.05, 3.63) is 72.0 Å². The largest absolute Gasteiger partial charge is 0.496 e. The predicted molar refractivity (Wildman–Crippen MR) is 105 cm³/mol. The first-order valence-electron chi connectivity index (χ1n) is 8.45. The fourth-order valence-corrected chi connectivity index (χ4v) is 3.62. The van der Waals surface area contributed by atoms with Crippen LogP contribution in [0.2, 0.25) is 0 Å². The second kappa shape index (κ2) is 7.66. The lowest BCUT2D eigenvalue weighted by atomic mass is 10.1. The third-order valence-corrected chi connectivity index (χ3v) is 5.10. The number of furan rings is 1. The third kappa shape index (κ3) is 3.52. The maximum Gasteiger partial charge on any atom is 0.374 e. The van der Waals surface area contributed by atoms with Crippen molar-refractivity contribution in [3.8, 4) is 16.5 Å². The molecule has 0 amide bonds. The molecular formula is C21H15NO5S. The molecule has 4 rings (SSSR count). The number of ether oxygens (including phenoxy) is 2. The van der Waals surface area contributed by atoms with Gasteiger partial charge in [-0.1, -0.05) is 24.3 Å². The van der Waals surface area contributed by atoms with Crippen molar-refractivity contribution in [2.24, 2.45) is 0 Å². The van der Waals surface area contributed by atoms with Crippen LogP contribution < -0.4 is 4.74 Å². The summed E-state index contributed by atoms with van der Waals surface area (Å²) >= 11 is 1.47. The summed E-state index contributed by atoms with van der Waals surface area (Å²) in [5, 5.41) is 0.672. The molecule has 0 spiro atoms. The molecule has 0 N–H and O–H groups in total. The zero-order valence-corrected chi connectivity index (χ0v) is 15.7. The van der Waals surface area contributed by atoms with E-state index in [1.807, 2.05) is 24.3 Å². The summed E-state index contributed by atoms with van der Waals surface area (Å²) in [6.45, 7) is -0.406. The smallest absolute Gasteiger partial charge is 0.374 e. The number of nitrogens with zero attached hydrogens (tertiary/aromatic N) is 1. The lowest BCUT2D eigenvalue weighted by molar-refractivity contribution is 0.0444. The van der Waals surface area contributed by atoms with E-state index in [1.165, 1.54) is 24.5 Å². The van der Waals surface area contributed by atoms with Gasteiger partial charge in [-0.2, -0.15) is 0 Å². The first-order valence-corrected chi connectivity index (χ1v) is 9.26. The molecule has 2 aromatic heterocycles. The van der Waals surface area contributed by atoms with E-state index in [9.17, 15) is 9.59 Å². The number of thiazole rings is 1. The highest BCUT2D eigenvalue weighted by Gasteiger charge is 2.19. The van der Waals surface area contributed by atoms with Gasteiger partial charge in [0.2, 0.25) is 11.5 Å². The Morgan fingerprint density at radius 3 is 2.64 bits per heavy atom. The minimum Gasteiger partial charge on any atom is -0.496 e. The molecule has 140 valence electrons. The molecule has 0 unspecified atom stereocenters. The number of fused-ring (bicyclic) bond motifs is 1. The first-order chi connectivity index (χ1) is 13.7. The van der Waals surface area contributed by atoms with Gasteiger partial charge >= 0.3 is 5.97 Å². The fourth-order valence-electron chi connectivity index (χ4n) is 2.70. The van der Waals surface area contributed by atoms with Gasteiger partial charge in [-0.15, -0.1) is 11.3 Å². The lowest BCUT2D eigenvalue weighted by Gasteiger charge is -2.07. The number of para-hydroxylation sites is 2. The van der Waals surface area contributed by atoms with Gasteiger partial charge in [0, 0.05) is 0 Å². The molecule has 0 saturated carbocycles. The van der Waals surface area contributed by atoms with Crippen LogP contribution in [-0.2, 0) is 4.74 Å². The van der Waals surface area contributed by atoms with Crippen LogP contribution in [-0.4, -0.2) is 30.5 Å². The molecule has 0 atom stereocenters. The van der Waals surface area contributed by atoms with Crippen LogP contribution in [0.4, 0.5) is 0 Å². The highest BCUT2D eigenvalue weighted by Crippen LogP contribution is 2.31. The second-order valence-corrected chi connectivity index (χ2v) is 6.88. The van der Waals surface area contributed by atoms with Gasteiger partial charge in [0.05, 0.1) is 22.9 Å². The van der Waals surface area contributed by atoms with Crippen LogP contribution >= 0.6 is 11.3 Å². The van der Waals surface area contributed by atoms with Gasteiger partial charge in [-0.25, -0.2) is 9.78 Å². The zero-order chi connectivity index (χ0) is 19.5. The number of hydrogen-bond acceptors (Lipinski definition) is 7. The van der Waals surface area contributed by atoms with Crippen LogP contribution in [0.25, 0.3) is 21.0 Å². The van der Waals surface area contributed by atoms with Gasteiger partial charge in [-0.05, 0) is 36.4 Å². The van der Waals surface area contributed by atoms with E-state index in [-0.39, 0.29) is 11.5 Å². The van der Waals surface area contributed by atoms with Crippen molar-refractivity contribution in [3.63, 3.8) is 0 Å². The number of benzene rings is 2. The molecule has 0 aliphatic heterocycles. The van der Waals surface area contributed by atoms with E-state index < -0.39 is 12.6 Å². The molecule has 28 heavy (non-hydrogen) atoms. The van der Waals surface area contributed by atoms with Gasteiger partial charge in [0.15, 0.2) is 17.4 Å². The van der Waals surface area contributed by atoms with Crippen LogP contribution in [0.5, 0.6) is 5.75 Å².